The second-order valence-electron chi connectivity index (χ2n) is 10.1. The zero-order valence-electron chi connectivity index (χ0n) is 23.5. The molecule has 214 valence electrons. The highest BCUT2D eigenvalue weighted by atomic mass is 79.9. The van der Waals surface area contributed by atoms with E-state index in [0.29, 0.717) is 18.7 Å². The predicted octanol–water partition coefficient (Wildman–Crippen LogP) is 5.50. The van der Waals surface area contributed by atoms with Gasteiger partial charge in [0.15, 0.2) is 0 Å². The summed E-state index contributed by atoms with van der Waals surface area (Å²) in [6, 6.07) is 23.4. The third-order valence-electron chi connectivity index (χ3n) is 6.59. The minimum absolute atomic E-state index is 0.0417. The van der Waals surface area contributed by atoms with Gasteiger partial charge in [-0.15, -0.1) is 0 Å². The molecule has 0 saturated heterocycles. The molecule has 0 fully saturated rings. The molecule has 0 aliphatic carbocycles. The quantitative estimate of drug-likeness (QED) is 0.271. The molecular formula is C31H38BrN3O4S. The van der Waals surface area contributed by atoms with Crippen LogP contribution in [0.4, 0.5) is 5.69 Å². The van der Waals surface area contributed by atoms with Crippen LogP contribution in [0.15, 0.2) is 83.3 Å². The molecule has 9 heteroatoms. The van der Waals surface area contributed by atoms with Crippen LogP contribution in [0.5, 0.6) is 0 Å². The molecule has 0 unspecified atom stereocenters. The van der Waals surface area contributed by atoms with Crippen LogP contribution in [-0.4, -0.2) is 50.5 Å². The van der Waals surface area contributed by atoms with Gasteiger partial charge in [-0.1, -0.05) is 97.4 Å². The average molecular weight is 629 g/mol. The Hall–Kier alpha value is -3.17. The van der Waals surface area contributed by atoms with Crippen molar-refractivity contribution in [3.8, 4) is 0 Å². The van der Waals surface area contributed by atoms with Crippen LogP contribution in [0, 0.1) is 0 Å². The first-order valence-corrected chi connectivity index (χ1v) is 16.1. The molecule has 0 aliphatic rings. The number of para-hydroxylation sites is 1. The highest BCUT2D eigenvalue weighted by molar-refractivity contribution is 9.10. The molecule has 1 N–H and O–H groups in total. The molecule has 3 aromatic rings. The van der Waals surface area contributed by atoms with Crippen LogP contribution in [0.3, 0.4) is 0 Å². The molecule has 3 rings (SSSR count). The summed E-state index contributed by atoms with van der Waals surface area (Å²) < 4.78 is 28.2. The van der Waals surface area contributed by atoms with Gasteiger partial charge in [-0.3, -0.25) is 13.9 Å². The third kappa shape index (κ3) is 8.66. The summed E-state index contributed by atoms with van der Waals surface area (Å²) in [6.07, 6.45) is 2.14. The predicted molar refractivity (Wildman–Crippen MR) is 165 cm³/mol. The zero-order valence-corrected chi connectivity index (χ0v) is 25.9. The molecular weight excluding hydrogens is 590 g/mol. The number of carbonyl (C=O) groups is 2. The van der Waals surface area contributed by atoms with E-state index >= 15 is 0 Å². The number of carbonyl (C=O) groups excluding carboxylic acids is 2. The first-order valence-electron chi connectivity index (χ1n) is 13.4. The highest BCUT2D eigenvalue weighted by Crippen LogP contribution is 2.29. The van der Waals surface area contributed by atoms with E-state index in [9.17, 15) is 18.0 Å². The maximum absolute atomic E-state index is 14.2. The molecule has 0 bridgehead atoms. The van der Waals surface area contributed by atoms with Crippen molar-refractivity contribution in [2.24, 2.45) is 0 Å². The molecule has 1 atom stereocenters. The number of rotatable bonds is 13. The van der Waals surface area contributed by atoms with Crippen molar-refractivity contribution in [1.82, 2.24) is 10.2 Å². The smallest absolute Gasteiger partial charge is 0.244 e. The number of sulfonamides is 1. The van der Waals surface area contributed by atoms with Gasteiger partial charge in [-0.25, -0.2) is 8.42 Å². The van der Waals surface area contributed by atoms with Gasteiger partial charge in [0.2, 0.25) is 21.8 Å². The standard InChI is InChI=1S/C31H38BrN3O4S/c1-5-19-33-31(37)29(20-24-11-7-6-8-12-24)34(21-25-15-17-26(32)18-16-25)30(36)22-35(40(4,38)39)28-14-10-9-13-27(28)23(2)3/h6-18,23,29H,5,19-22H2,1-4H3,(H,33,37)/t29-/m1/s1. The van der Waals surface area contributed by atoms with E-state index in [2.05, 4.69) is 21.2 Å². The lowest BCUT2D eigenvalue weighted by atomic mass is 10.0. The lowest BCUT2D eigenvalue weighted by molar-refractivity contribution is -0.140. The highest BCUT2D eigenvalue weighted by Gasteiger charge is 2.33. The van der Waals surface area contributed by atoms with Crippen molar-refractivity contribution < 1.29 is 18.0 Å². The van der Waals surface area contributed by atoms with Gasteiger partial charge in [0.1, 0.15) is 12.6 Å². The largest absolute Gasteiger partial charge is 0.354 e. The first kappa shape index (κ1) is 31.4. The van der Waals surface area contributed by atoms with E-state index < -0.39 is 28.5 Å². The Morgan fingerprint density at radius 2 is 1.52 bits per heavy atom. The lowest BCUT2D eigenvalue weighted by Crippen LogP contribution is -2.53. The van der Waals surface area contributed by atoms with Gasteiger partial charge in [-0.2, -0.15) is 0 Å². The fourth-order valence-corrected chi connectivity index (χ4v) is 5.64. The molecule has 0 spiro atoms. The SMILES string of the molecule is CCCNC(=O)[C@@H](Cc1ccccc1)N(Cc1ccc(Br)cc1)C(=O)CN(c1ccccc1C(C)C)S(C)(=O)=O. The van der Waals surface area contributed by atoms with Crippen LogP contribution < -0.4 is 9.62 Å². The number of nitrogens with one attached hydrogen (secondary N) is 1. The van der Waals surface area contributed by atoms with Crippen molar-refractivity contribution in [1.29, 1.82) is 0 Å². The number of nitrogens with zero attached hydrogens (tertiary/aromatic N) is 2. The molecule has 40 heavy (non-hydrogen) atoms. The van der Waals surface area contributed by atoms with Gasteiger partial charge in [0.05, 0.1) is 11.9 Å². The fraction of sp³-hybridized carbons (Fsp3) is 0.355. The van der Waals surface area contributed by atoms with Crippen LogP contribution in [0.25, 0.3) is 0 Å². The number of halogens is 1. The summed E-state index contributed by atoms with van der Waals surface area (Å²) in [6.45, 7) is 6.12. The van der Waals surface area contributed by atoms with Crippen molar-refractivity contribution in [2.75, 3.05) is 23.7 Å². The summed E-state index contributed by atoms with van der Waals surface area (Å²) in [5.74, 6) is -0.691. The molecule has 3 aromatic carbocycles. The summed E-state index contributed by atoms with van der Waals surface area (Å²) in [4.78, 5) is 29.2. The topological polar surface area (TPSA) is 86.8 Å². The maximum atomic E-state index is 14.2. The van der Waals surface area contributed by atoms with Gasteiger partial charge in [0, 0.05) is 24.0 Å². The second kappa shape index (κ2) is 14.5. The van der Waals surface area contributed by atoms with Gasteiger partial charge >= 0.3 is 0 Å². The van der Waals surface area contributed by atoms with Crippen molar-refractivity contribution in [2.45, 2.75) is 52.1 Å². The maximum Gasteiger partial charge on any atom is 0.244 e. The van der Waals surface area contributed by atoms with E-state index in [0.717, 1.165) is 38.1 Å². The van der Waals surface area contributed by atoms with E-state index in [1.165, 1.54) is 4.90 Å². The molecule has 0 heterocycles. The van der Waals surface area contributed by atoms with Gasteiger partial charge in [-0.05, 0) is 47.2 Å². The van der Waals surface area contributed by atoms with E-state index in [1.54, 1.807) is 12.1 Å². The Kier molecular flexibility index (Phi) is 11.3. The van der Waals surface area contributed by atoms with Crippen LogP contribution in [0.2, 0.25) is 0 Å². The summed E-state index contributed by atoms with van der Waals surface area (Å²) in [5, 5.41) is 2.95. The average Bonchev–Trinajstić information content (AvgIpc) is 2.93. The molecule has 0 aromatic heterocycles. The van der Waals surface area contributed by atoms with Crippen LogP contribution in [0.1, 0.15) is 49.8 Å². The number of benzene rings is 3. The lowest BCUT2D eigenvalue weighted by Gasteiger charge is -2.34. The Morgan fingerprint density at radius 1 is 0.900 bits per heavy atom. The zero-order chi connectivity index (χ0) is 29.3. The Morgan fingerprint density at radius 3 is 2.12 bits per heavy atom. The third-order valence-corrected chi connectivity index (χ3v) is 8.25. The summed E-state index contributed by atoms with van der Waals surface area (Å²) in [7, 11) is -3.82. The van der Waals surface area contributed by atoms with Gasteiger partial charge < -0.3 is 10.2 Å². The Labute approximate surface area is 246 Å². The number of hydrogen-bond donors (Lipinski definition) is 1. The normalized spacial score (nSPS) is 12.2. The van der Waals surface area contributed by atoms with Gasteiger partial charge in [0.25, 0.3) is 0 Å². The van der Waals surface area contributed by atoms with E-state index in [4.69, 9.17) is 0 Å². The molecule has 0 radical (unpaired) electrons. The van der Waals surface area contributed by atoms with Crippen LogP contribution in [-0.2, 0) is 32.6 Å². The van der Waals surface area contributed by atoms with Crippen molar-refractivity contribution in [3.05, 3.63) is 100 Å². The number of amides is 2. The van der Waals surface area contributed by atoms with Crippen molar-refractivity contribution in [3.63, 3.8) is 0 Å². The summed E-state index contributed by atoms with van der Waals surface area (Å²) in [5.41, 5.74) is 3.01. The van der Waals surface area contributed by atoms with E-state index in [1.807, 2.05) is 87.5 Å². The molecule has 2 amide bonds. The van der Waals surface area contributed by atoms with Crippen molar-refractivity contribution >= 4 is 43.5 Å². The number of hydrogen-bond acceptors (Lipinski definition) is 4. The van der Waals surface area contributed by atoms with E-state index in [-0.39, 0.29) is 18.4 Å². The Bertz CT molecular complexity index is 1380. The monoisotopic (exact) mass is 627 g/mol. The second-order valence-corrected chi connectivity index (χ2v) is 13.0. The number of anilines is 1. The molecule has 7 nitrogen and oxygen atoms in total. The fourth-order valence-electron chi connectivity index (χ4n) is 4.50. The van der Waals surface area contributed by atoms with Crippen LogP contribution >= 0.6 is 15.9 Å². The summed E-state index contributed by atoms with van der Waals surface area (Å²) >= 11 is 3.45. The minimum atomic E-state index is -3.82. The minimum Gasteiger partial charge on any atom is -0.354 e. The molecule has 0 saturated carbocycles. The molecule has 0 aliphatic heterocycles. The Balaban J connectivity index is 2.07. The first-order chi connectivity index (χ1) is 19.0.